The molecule has 5 rings (SSSR count). The standard InChI is InChI=1S/C23H29NO3/c1-22-9-7-16(24-26)12-15(22)3-4-17-19-6-5-18(14-11-21(25)27-13-14)23(19,2)10-8-20(17)22/h5-6,11,15,17,20,26H,3-4,7-10,12-13H2,1-2H3/b24-16+/t15-,17+,20-,22-,23+/m0/s1. The molecule has 1 aliphatic heterocycles. The molecular weight excluding hydrogens is 338 g/mol. The summed E-state index contributed by atoms with van der Waals surface area (Å²) in [5.74, 6) is 1.82. The van der Waals surface area contributed by atoms with Crippen molar-refractivity contribution in [2.45, 2.75) is 58.8 Å². The SMILES string of the molecule is C[C@]12CC[C@H]3[C@H](CC[C@H]4C/C(=N/O)CC[C@@]43C)C1=CC=C2C1=CC(=O)OC1. The Hall–Kier alpha value is -1.84. The number of oxime groups is 1. The third-order valence-corrected chi connectivity index (χ3v) is 8.69. The minimum atomic E-state index is -0.201. The molecule has 0 aromatic heterocycles. The minimum Gasteiger partial charge on any atom is -0.458 e. The van der Waals surface area contributed by atoms with Crippen LogP contribution in [0.4, 0.5) is 0 Å². The van der Waals surface area contributed by atoms with Gasteiger partial charge in [0.1, 0.15) is 6.61 Å². The summed E-state index contributed by atoms with van der Waals surface area (Å²) in [6.07, 6.45) is 14.2. The first-order chi connectivity index (χ1) is 13.0. The number of carbonyl (C=O) groups excluding carboxylic acids is 1. The Kier molecular flexibility index (Phi) is 3.73. The van der Waals surface area contributed by atoms with Crippen molar-refractivity contribution >= 4 is 11.7 Å². The van der Waals surface area contributed by atoms with Crippen molar-refractivity contribution in [3.05, 3.63) is 34.9 Å². The summed E-state index contributed by atoms with van der Waals surface area (Å²) in [6.45, 7) is 5.31. The Morgan fingerprint density at radius 2 is 2.04 bits per heavy atom. The number of esters is 1. The van der Waals surface area contributed by atoms with E-state index < -0.39 is 0 Å². The van der Waals surface area contributed by atoms with Crippen LogP contribution in [0.15, 0.2) is 40.1 Å². The normalized spacial score (nSPS) is 44.7. The molecule has 0 saturated heterocycles. The number of ether oxygens (including phenoxy) is 1. The van der Waals surface area contributed by atoms with E-state index in [0.29, 0.717) is 23.9 Å². The lowest BCUT2D eigenvalue weighted by Crippen LogP contribution is -2.51. The Morgan fingerprint density at radius 1 is 1.19 bits per heavy atom. The van der Waals surface area contributed by atoms with Crippen LogP contribution in [0.1, 0.15) is 58.8 Å². The predicted molar refractivity (Wildman–Crippen MR) is 103 cm³/mol. The van der Waals surface area contributed by atoms with Crippen molar-refractivity contribution in [1.82, 2.24) is 0 Å². The first kappa shape index (κ1) is 17.3. The van der Waals surface area contributed by atoms with E-state index in [-0.39, 0.29) is 11.4 Å². The van der Waals surface area contributed by atoms with Crippen molar-refractivity contribution in [3.8, 4) is 0 Å². The summed E-state index contributed by atoms with van der Waals surface area (Å²) in [5, 5.41) is 12.8. The van der Waals surface area contributed by atoms with Gasteiger partial charge >= 0.3 is 5.97 Å². The molecule has 3 fully saturated rings. The second-order valence-electron chi connectivity index (χ2n) is 9.71. The van der Waals surface area contributed by atoms with Crippen LogP contribution in [0.2, 0.25) is 0 Å². The lowest BCUT2D eigenvalue weighted by atomic mass is 9.46. The van der Waals surface area contributed by atoms with Gasteiger partial charge in [0.05, 0.1) is 5.71 Å². The Bertz CT molecular complexity index is 819. The van der Waals surface area contributed by atoms with Crippen LogP contribution < -0.4 is 0 Å². The lowest BCUT2D eigenvalue weighted by Gasteiger charge is -2.58. The highest BCUT2D eigenvalue weighted by atomic mass is 16.5. The van der Waals surface area contributed by atoms with Gasteiger partial charge in [-0.05, 0) is 73.7 Å². The zero-order valence-electron chi connectivity index (χ0n) is 16.3. The fourth-order valence-corrected chi connectivity index (χ4v) is 7.14. The van der Waals surface area contributed by atoms with Crippen LogP contribution in [-0.4, -0.2) is 23.5 Å². The number of hydrogen-bond donors (Lipinski definition) is 1. The van der Waals surface area contributed by atoms with Crippen molar-refractivity contribution in [3.63, 3.8) is 0 Å². The molecular formula is C23H29NO3. The fraction of sp³-hybridized carbons (Fsp3) is 0.652. The van der Waals surface area contributed by atoms with Gasteiger partial charge < -0.3 is 9.94 Å². The van der Waals surface area contributed by atoms with Gasteiger partial charge in [0.2, 0.25) is 0 Å². The van der Waals surface area contributed by atoms with E-state index in [9.17, 15) is 10.0 Å². The number of allylic oxidation sites excluding steroid dienone is 3. The van der Waals surface area contributed by atoms with Gasteiger partial charge in [0, 0.05) is 17.1 Å². The van der Waals surface area contributed by atoms with Gasteiger partial charge in [0.15, 0.2) is 0 Å². The molecule has 4 nitrogen and oxygen atoms in total. The van der Waals surface area contributed by atoms with Gasteiger partial charge in [-0.3, -0.25) is 0 Å². The number of fused-ring (bicyclic) bond motifs is 5. The fourth-order valence-electron chi connectivity index (χ4n) is 7.14. The maximum Gasteiger partial charge on any atom is 0.331 e. The summed E-state index contributed by atoms with van der Waals surface area (Å²) in [6, 6.07) is 0. The van der Waals surface area contributed by atoms with Crippen LogP contribution >= 0.6 is 0 Å². The van der Waals surface area contributed by atoms with Gasteiger partial charge in [-0.1, -0.05) is 36.7 Å². The molecule has 5 aliphatic rings. The van der Waals surface area contributed by atoms with Crippen LogP contribution in [-0.2, 0) is 9.53 Å². The molecule has 4 aliphatic carbocycles. The molecule has 0 amide bonds. The first-order valence-electron chi connectivity index (χ1n) is 10.5. The number of cyclic esters (lactones) is 1. The third kappa shape index (κ3) is 2.34. The van der Waals surface area contributed by atoms with Crippen molar-refractivity contribution in [2.75, 3.05) is 6.61 Å². The van der Waals surface area contributed by atoms with Gasteiger partial charge in [-0.25, -0.2) is 4.79 Å². The average Bonchev–Trinajstić information content (AvgIpc) is 3.23. The molecule has 0 radical (unpaired) electrons. The van der Waals surface area contributed by atoms with E-state index >= 15 is 0 Å². The zero-order valence-corrected chi connectivity index (χ0v) is 16.3. The highest BCUT2D eigenvalue weighted by molar-refractivity contribution is 5.87. The second kappa shape index (κ2) is 5.83. The Labute approximate surface area is 161 Å². The predicted octanol–water partition coefficient (Wildman–Crippen LogP) is 4.80. The van der Waals surface area contributed by atoms with Gasteiger partial charge in [0.25, 0.3) is 0 Å². The van der Waals surface area contributed by atoms with E-state index in [1.54, 1.807) is 11.6 Å². The molecule has 27 heavy (non-hydrogen) atoms. The van der Waals surface area contributed by atoms with Gasteiger partial charge in [-0.2, -0.15) is 0 Å². The highest BCUT2D eigenvalue weighted by Gasteiger charge is 2.56. The zero-order chi connectivity index (χ0) is 18.8. The van der Waals surface area contributed by atoms with E-state index in [1.807, 2.05) is 0 Å². The van der Waals surface area contributed by atoms with Crippen LogP contribution in [0.5, 0.6) is 0 Å². The van der Waals surface area contributed by atoms with E-state index in [0.717, 1.165) is 42.9 Å². The maximum absolute atomic E-state index is 11.6. The van der Waals surface area contributed by atoms with Crippen LogP contribution in [0, 0.1) is 28.6 Å². The monoisotopic (exact) mass is 367 g/mol. The molecule has 1 heterocycles. The van der Waals surface area contributed by atoms with E-state index in [2.05, 4.69) is 31.2 Å². The maximum atomic E-state index is 11.6. The number of nitrogens with zero attached hydrogens (tertiary/aromatic N) is 1. The van der Waals surface area contributed by atoms with E-state index in [1.165, 1.54) is 24.8 Å². The Morgan fingerprint density at radius 3 is 2.78 bits per heavy atom. The first-order valence-corrected chi connectivity index (χ1v) is 10.5. The van der Waals surface area contributed by atoms with E-state index in [4.69, 9.17) is 4.74 Å². The smallest absolute Gasteiger partial charge is 0.331 e. The molecule has 1 N–H and O–H groups in total. The topological polar surface area (TPSA) is 58.9 Å². The van der Waals surface area contributed by atoms with Crippen LogP contribution in [0.25, 0.3) is 0 Å². The molecule has 5 atom stereocenters. The quantitative estimate of drug-likeness (QED) is 0.411. The average molecular weight is 367 g/mol. The molecule has 0 aromatic rings. The summed E-state index contributed by atoms with van der Waals surface area (Å²) >= 11 is 0. The summed E-state index contributed by atoms with van der Waals surface area (Å²) in [4.78, 5) is 11.6. The molecule has 0 unspecified atom stereocenters. The largest absolute Gasteiger partial charge is 0.458 e. The summed E-state index contributed by atoms with van der Waals surface area (Å²) < 4.78 is 5.19. The summed E-state index contributed by atoms with van der Waals surface area (Å²) in [5.41, 5.74) is 5.40. The van der Waals surface area contributed by atoms with Crippen molar-refractivity contribution in [2.24, 2.45) is 33.7 Å². The molecule has 4 heteroatoms. The molecule has 0 aromatic carbocycles. The molecule has 0 spiro atoms. The lowest BCUT2D eigenvalue weighted by molar-refractivity contribution is -0.134. The van der Waals surface area contributed by atoms with Crippen molar-refractivity contribution < 1.29 is 14.7 Å². The number of carbonyl (C=O) groups is 1. The highest BCUT2D eigenvalue weighted by Crippen LogP contribution is 2.65. The number of hydrogen-bond acceptors (Lipinski definition) is 4. The molecule has 3 saturated carbocycles. The van der Waals surface area contributed by atoms with Crippen molar-refractivity contribution in [1.29, 1.82) is 0 Å². The summed E-state index contributed by atoms with van der Waals surface area (Å²) in [7, 11) is 0. The second-order valence-corrected chi connectivity index (χ2v) is 9.71. The molecule has 144 valence electrons. The third-order valence-electron chi connectivity index (χ3n) is 8.69. The molecule has 0 bridgehead atoms. The van der Waals surface area contributed by atoms with Gasteiger partial charge in [-0.15, -0.1) is 0 Å². The minimum absolute atomic E-state index is 0.0660. The number of rotatable bonds is 1. The van der Waals surface area contributed by atoms with Crippen LogP contribution in [0.3, 0.4) is 0 Å². The Balaban J connectivity index is 1.43.